The Balaban J connectivity index is 1.93. The van der Waals surface area contributed by atoms with Crippen molar-refractivity contribution in [2.75, 3.05) is 11.9 Å². The van der Waals surface area contributed by atoms with Gasteiger partial charge in [0.2, 0.25) is 0 Å². The Morgan fingerprint density at radius 1 is 1.09 bits per heavy atom. The van der Waals surface area contributed by atoms with Crippen molar-refractivity contribution in [1.29, 1.82) is 0 Å². The minimum atomic E-state index is -1.04. The molecule has 0 aliphatic heterocycles. The normalized spacial score (nSPS) is 10.1. The fourth-order valence-corrected chi connectivity index (χ4v) is 1.87. The molecule has 0 fully saturated rings. The molecule has 2 aromatic rings. The topological polar surface area (TPSA) is 55.4 Å². The summed E-state index contributed by atoms with van der Waals surface area (Å²) in [6, 6.07) is 8.77. The molecule has 2 rings (SSSR count). The van der Waals surface area contributed by atoms with Crippen LogP contribution in [0.4, 0.5) is 14.5 Å². The zero-order valence-corrected chi connectivity index (χ0v) is 11.9. The van der Waals surface area contributed by atoms with Crippen LogP contribution in [0.25, 0.3) is 0 Å². The van der Waals surface area contributed by atoms with Gasteiger partial charge in [-0.2, -0.15) is 0 Å². The van der Waals surface area contributed by atoms with E-state index in [-0.39, 0.29) is 5.02 Å². The number of ether oxygens (including phenoxy) is 1. The lowest BCUT2D eigenvalue weighted by Gasteiger charge is -2.08. The first-order valence-electron chi connectivity index (χ1n) is 6.14. The number of benzene rings is 2. The average Bonchev–Trinajstić information content (AvgIpc) is 2.47. The van der Waals surface area contributed by atoms with Gasteiger partial charge in [-0.3, -0.25) is 4.79 Å². The first-order chi connectivity index (χ1) is 10.5. The summed E-state index contributed by atoms with van der Waals surface area (Å²) in [5, 5.41) is 2.29. The monoisotopic (exact) mass is 325 g/mol. The molecule has 0 saturated heterocycles. The highest BCUT2D eigenvalue weighted by Crippen LogP contribution is 2.19. The number of carbonyl (C=O) groups is 2. The highest BCUT2D eigenvalue weighted by molar-refractivity contribution is 6.33. The van der Waals surface area contributed by atoms with Gasteiger partial charge in [-0.25, -0.2) is 13.6 Å². The highest BCUT2D eigenvalue weighted by Gasteiger charge is 2.18. The predicted molar refractivity (Wildman–Crippen MR) is 76.7 cm³/mol. The van der Waals surface area contributed by atoms with Crippen LogP contribution in [0.1, 0.15) is 10.4 Å². The molecule has 1 amide bonds. The SMILES string of the molecule is O=C(COC(=O)c1c(F)cccc1Cl)Nc1ccc(F)cc1. The number of carbonyl (C=O) groups excluding carboxylic acids is 2. The van der Waals surface area contributed by atoms with Gasteiger partial charge in [0.25, 0.3) is 5.91 Å². The summed E-state index contributed by atoms with van der Waals surface area (Å²) in [6.07, 6.45) is 0. The summed E-state index contributed by atoms with van der Waals surface area (Å²) < 4.78 is 30.9. The molecule has 2 aromatic carbocycles. The second-order valence-electron chi connectivity index (χ2n) is 4.23. The third-order valence-electron chi connectivity index (χ3n) is 2.63. The van der Waals surface area contributed by atoms with E-state index in [0.717, 1.165) is 6.07 Å². The molecular formula is C15H10ClF2NO3. The third-order valence-corrected chi connectivity index (χ3v) is 2.94. The van der Waals surface area contributed by atoms with Gasteiger partial charge in [0.1, 0.15) is 17.2 Å². The van der Waals surface area contributed by atoms with Crippen molar-refractivity contribution >= 4 is 29.2 Å². The Kier molecular flexibility index (Phi) is 5.06. The Hall–Kier alpha value is -2.47. The number of hydrogen-bond donors (Lipinski definition) is 1. The van der Waals surface area contributed by atoms with Crippen molar-refractivity contribution in [3.8, 4) is 0 Å². The van der Waals surface area contributed by atoms with E-state index < -0.39 is 35.7 Å². The number of hydrogen-bond acceptors (Lipinski definition) is 3. The molecule has 0 spiro atoms. The van der Waals surface area contributed by atoms with Crippen LogP contribution in [0.5, 0.6) is 0 Å². The lowest BCUT2D eigenvalue weighted by molar-refractivity contribution is -0.119. The Labute approximate surface area is 129 Å². The van der Waals surface area contributed by atoms with E-state index in [9.17, 15) is 18.4 Å². The first kappa shape index (κ1) is 15.9. The standard InChI is InChI=1S/C15H10ClF2NO3/c16-11-2-1-3-12(18)14(11)15(21)22-8-13(20)19-10-6-4-9(17)5-7-10/h1-7H,8H2,(H,19,20). The second-order valence-corrected chi connectivity index (χ2v) is 4.64. The van der Waals surface area contributed by atoms with Crippen LogP contribution in [-0.2, 0) is 9.53 Å². The molecule has 22 heavy (non-hydrogen) atoms. The molecule has 4 nitrogen and oxygen atoms in total. The zero-order valence-electron chi connectivity index (χ0n) is 11.1. The minimum absolute atomic E-state index is 0.107. The highest BCUT2D eigenvalue weighted by atomic mass is 35.5. The van der Waals surface area contributed by atoms with Crippen LogP contribution in [0.2, 0.25) is 5.02 Å². The van der Waals surface area contributed by atoms with Gasteiger partial charge < -0.3 is 10.1 Å². The third kappa shape index (κ3) is 4.02. The van der Waals surface area contributed by atoms with E-state index in [1.54, 1.807) is 0 Å². The van der Waals surface area contributed by atoms with E-state index in [1.807, 2.05) is 0 Å². The molecule has 7 heteroatoms. The van der Waals surface area contributed by atoms with Gasteiger partial charge in [0, 0.05) is 5.69 Å². The number of amides is 1. The second kappa shape index (κ2) is 7.00. The van der Waals surface area contributed by atoms with Gasteiger partial charge in [0.05, 0.1) is 5.02 Å². The molecule has 0 aliphatic rings. The fraction of sp³-hybridized carbons (Fsp3) is 0.0667. The largest absolute Gasteiger partial charge is 0.452 e. The van der Waals surface area contributed by atoms with Crippen LogP contribution in [-0.4, -0.2) is 18.5 Å². The molecule has 0 aliphatic carbocycles. The van der Waals surface area contributed by atoms with Gasteiger partial charge in [-0.15, -0.1) is 0 Å². The van der Waals surface area contributed by atoms with Crippen LogP contribution in [0.3, 0.4) is 0 Å². The zero-order chi connectivity index (χ0) is 16.1. The summed E-state index contributed by atoms with van der Waals surface area (Å²) in [5.74, 6) is -2.97. The molecule has 0 bridgehead atoms. The van der Waals surface area contributed by atoms with E-state index in [1.165, 1.54) is 36.4 Å². The summed E-state index contributed by atoms with van der Waals surface area (Å²) >= 11 is 5.71. The fourth-order valence-electron chi connectivity index (χ4n) is 1.63. The molecule has 114 valence electrons. The van der Waals surface area contributed by atoms with Gasteiger partial charge >= 0.3 is 5.97 Å². The van der Waals surface area contributed by atoms with E-state index >= 15 is 0 Å². The molecular weight excluding hydrogens is 316 g/mol. The van der Waals surface area contributed by atoms with Crippen molar-refractivity contribution < 1.29 is 23.1 Å². The van der Waals surface area contributed by atoms with Crippen LogP contribution >= 0.6 is 11.6 Å². The molecule has 0 atom stereocenters. The summed E-state index contributed by atoms with van der Waals surface area (Å²) in [5.41, 5.74) is -0.0925. The van der Waals surface area contributed by atoms with Crippen LogP contribution < -0.4 is 5.32 Å². The van der Waals surface area contributed by atoms with Crippen LogP contribution in [0, 0.1) is 11.6 Å². The van der Waals surface area contributed by atoms with Crippen molar-refractivity contribution in [3.05, 3.63) is 64.7 Å². The lowest BCUT2D eigenvalue weighted by atomic mass is 10.2. The summed E-state index contributed by atoms with van der Waals surface area (Å²) in [6.45, 7) is -0.624. The molecule has 0 aromatic heterocycles. The van der Waals surface area contributed by atoms with E-state index in [2.05, 4.69) is 5.32 Å². The first-order valence-corrected chi connectivity index (χ1v) is 6.51. The number of halogens is 3. The summed E-state index contributed by atoms with van der Waals surface area (Å²) in [4.78, 5) is 23.3. The molecule has 0 unspecified atom stereocenters. The molecule has 0 radical (unpaired) electrons. The smallest absolute Gasteiger partial charge is 0.343 e. The van der Waals surface area contributed by atoms with E-state index in [0.29, 0.717) is 5.69 Å². The molecule has 0 saturated carbocycles. The van der Waals surface area contributed by atoms with Crippen molar-refractivity contribution in [2.24, 2.45) is 0 Å². The molecule has 1 N–H and O–H groups in total. The van der Waals surface area contributed by atoms with Gasteiger partial charge in [-0.05, 0) is 36.4 Å². The van der Waals surface area contributed by atoms with Gasteiger partial charge in [-0.1, -0.05) is 17.7 Å². The van der Waals surface area contributed by atoms with Crippen molar-refractivity contribution in [2.45, 2.75) is 0 Å². The van der Waals surface area contributed by atoms with E-state index in [4.69, 9.17) is 16.3 Å². The number of esters is 1. The maximum Gasteiger partial charge on any atom is 0.343 e. The maximum atomic E-state index is 13.5. The number of anilines is 1. The Morgan fingerprint density at radius 3 is 2.41 bits per heavy atom. The lowest BCUT2D eigenvalue weighted by Crippen LogP contribution is -2.21. The molecule has 0 heterocycles. The minimum Gasteiger partial charge on any atom is -0.452 e. The van der Waals surface area contributed by atoms with Crippen molar-refractivity contribution in [3.63, 3.8) is 0 Å². The van der Waals surface area contributed by atoms with Crippen LogP contribution in [0.15, 0.2) is 42.5 Å². The Morgan fingerprint density at radius 2 is 1.77 bits per heavy atom. The average molecular weight is 326 g/mol. The van der Waals surface area contributed by atoms with Gasteiger partial charge in [0.15, 0.2) is 6.61 Å². The maximum absolute atomic E-state index is 13.5. The number of rotatable bonds is 4. The summed E-state index contributed by atoms with van der Waals surface area (Å²) in [7, 11) is 0. The predicted octanol–water partition coefficient (Wildman–Crippen LogP) is 3.41. The quantitative estimate of drug-likeness (QED) is 0.876. The van der Waals surface area contributed by atoms with Crippen molar-refractivity contribution in [1.82, 2.24) is 0 Å². The Bertz CT molecular complexity index is 684. The number of nitrogens with one attached hydrogen (secondary N) is 1.